The van der Waals surface area contributed by atoms with Crippen molar-refractivity contribution < 1.29 is 0 Å². The summed E-state index contributed by atoms with van der Waals surface area (Å²) >= 11 is 0. The molecule has 110 heavy (non-hydrogen) atoms. The van der Waals surface area contributed by atoms with Crippen LogP contribution in [0.4, 0.5) is 0 Å². The second-order valence-corrected chi connectivity index (χ2v) is 31.4. The molecule has 3 atom stereocenters. The second kappa shape index (κ2) is 25.6. The third-order valence-corrected chi connectivity index (χ3v) is 25.7. The highest BCUT2D eigenvalue weighted by molar-refractivity contribution is 6.07. The average molecular weight is 1400 g/mol. The summed E-state index contributed by atoms with van der Waals surface area (Å²) in [4.78, 5) is 0. The molecule has 0 amide bonds. The highest BCUT2D eigenvalue weighted by Crippen LogP contribution is 2.63. The molecule has 0 bridgehead atoms. The van der Waals surface area contributed by atoms with Gasteiger partial charge >= 0.3 is 0 Å². The number of aryl methyl sites for hydroxylation is 3. The summed E-state index contributed by atoms with van der Waals surface area (Å²) in [6, 6.07) is 141. The van der Waals surface area contributed by atoms with Crippen LogP contribution >= 0.6 is 0 Å². The number of hydrogen-bond donors (Lipinski definition) is 0. The Morgan fingerprint density at radius 2 is 0.682 bits per heavy atom. The summed E-state index contributed by atoms with van der Waals surface area (Å²) in [6.07, 6.45) is 6.83. The van der Waals surface area contributed by atoms with Crippen LogP contribution in [0.15, 0.2) is 393 Å². The SMILES string of the molecule is Cc1ccc(C2(C3=CC=C(Cc4ccc(-c5cccc6c5-c5ccccc5C6(c5ccccc5)c5cccc(-c6ccc7c(C)ccc(-c8ccc9c(c8)C(c8ccccc8)(c8ccccc8)c8ccccc8-9)c7c6)c5)c5ccccc45)C(C)C3)c3ccccc3-c3ccc(-c4ccc(C)c5ccccc45)cc32)cc1. The summed E-state index contributed by atoms with van der Waals surface area (Å²) in [7, 11) is 0. The van der Waals surface area contributed by atoms with E-state index in [1.54, 1.807) is 0 Å². The second-order valence-electron chi connectivity index (χ2n) is 31.4. The number of fused-ring (bicyclic) bond motifs is 12. The minimum absolute atomic E-state index is 0.286. The average Bonchev–Trinajstić information content (AvgIpc) is 1.54. The molecule has 0 aliphatic heterocycles. The van der Waals surface area contributed by atoms with E-state index in [9.17, 15) is 0 Å². The molecule has 0 N–H and O–H groups in total. The first-order valence-electron chi connectivity index (χ1n) is 39.2. The molecule has 0 saturated heterocycles. The molecule has 0 saturated carbocycles. The van der Waals surface area contributed by atoms with Crippen molar-refractivity contribution in [3.05, 3.63) is 477 Å². The van der Waals surface area contributed by atoms with Gasteiger partial charge in [-0.1, -0.05) is 382 Å². The highest BCUT2D eigenvalue weighted by Gasteiger charge is 2.51. The van der Waals surface area contributed by atoms with E-state index >= 15 is 0 Å². The van der Waals surface area contributed by atoms with Crippen molar-refractivity contribution in [3.8, 4) is 77.9 Å². The van der Waals surface area contributed by atoms with Crippen LogP contribution < -0.4 is 0 Å². The van der Waals surface area contributed by atoms with Crippen molar-refractivity contribution in [2.45, 2.75) is 56.8 Å². The standard InChI is InChI=1S/C110H80/c1-70-46-55-83(56-47-70)110(102-43-22-19-39-95(102)97-62-53-78(68-106(97)110)89-58-48-71(2)86-34-14-16-36-91(86)89)85-57-50-74(73(4)64-85)65-77-52-61-93(92-37-17-15-35-88(77)92)98-41-25-45-104-107(98)99-40-20-23-44-103(99)109(104,82-31-12-7-13-32-82)84-33-24-26-75(66-84)76-51-60-87-72(3)49-59-90(100(87)67-76)79-54-63-96-94-38-18-21-42-101(94)108(105(96)69-79,80-27-8-5-9-28-80)81-29-10-6-11-30-81/h5-63,66-69,73H,64-65H2,1-4H3. The Labute approximate surface area is 645 Å². The molecule has 0 heteroatoms. The van der Waals surface area contributed by atoms with E-state index in [-0.39, 0.29) is 5.92 Å². The zero-order chi connectivity index (χ0) is 73.4. The van der Waals surface area contributed by atoms with Gasteiger partial charge in [0.05, 0.1) is 16.2 Å². The molecule has 3 unspecified atom stereocenters. The molecule has 0 radical (unpaired) electrons. The number of benzene rings is 17. The first kappa shape index (κ1) is 65.3. The van der Waals surface area contributed by atoms with Crippen LogP contribution in [0.5, 0.6) is 0 Å². The quantitative estimate of drug-likeness (QED) is 0.114. The van der Waals surface area contributed by atoms with E-state index in [1.165, 1.54) is 205 Å². The fraction of sp³-hybridized carbons (Fsp3) is 0.0909. The lowest BCUT2D eigenvalue weighted by Crippen LogP contribution is -2.32. The molecule has 0 nitrogen and oxygen atoms in total. The van der Waals surface area contributed by atoms with E-state index in [1.807, 2.05) is 0 Å². The van der Waals surface area contributed by atoms with Gasteiger partial charge in [0.2, 0.25) is 0 Å². The Balaban J connectivity index is 0.666. The van der Waals surface area contributed by atoms with E-state index in [2.05, 4.69) is 410 Å². The molecule has 520 valence electrons. The van der Waals surface area contributed by atoms with Gasteiger partial charge < -0.3 is 0 Å². The summed E-state index contributed by atoms with van der Waals surface area (Å²) in [5.41, 5.74) is 38.3. The van der Waals surface area contributed by atoms with Gasteiger partial charge in [-0.25, -0.2) is 0 Å². The maximum Gasteiger partial charge on any atom is 0.0714 e. The summed E-state index contributed by atoms with van der Waals surface area (Å²) in [5, 5.41) is 7.67. The van der Waals surface area contributed by atoms with Gasteiger partial charge in [-0.2, -0.15) is 0 Å². The van der Waals surface area contributed by atoms with Gasteiger partial charge in [0.25, 0.3) is 0 Å². The van der Waals surface area contributed by atoms with Crippen molar-refractivity contribution in [3.63, 3.8) is 0 Å². The molecule has 17 aromatic rings. The zero-order valence-corrected chi connectivity index (χ0v) is 62.4. The lowest BCUT2D eigenvalue weighted by Gasteiger charge is -2.39. The van der Waals surface area contributed by atoms with Crippen molar-refractivity contribution in [2.24, 2.45) is 5.92 Å². The Hall–Kier alpha value is -13.0. The van der Waals surface area contributed by atoms with Crippen LogP contribution in [0.2, 0.25) is 0 Å². The number of hydrogen-bond acceptors (Lipinski definition) is 0. The number of rotatable bonds is 12. The van der Waals surface area contributed by atoms with Crippen molar-refractivity contribution in [2.75, 3.05) is 0 Å². The molecule has 0 spiro atoms. The van der Waals surface area contributed by atoms with Crippen LogP contribution in [0.3, 0.4) is 0 Å². The molecule has 21 rings (SSSR count). The molecule has 0 heterocycles. The van der Waals surface area contributed by atoms with E-state index in [0.717, 1.165) is 12.8 Å². The lowest BCUT2D eigenvalue weighted by atomic mass is 9.63. The third kappa shape index (κ3) is 9.65. The van der Waals surface area contributed by atoms with E-state index in [4.69, 9.17) is 0 Å². The zero-order valence-electron chi connectivity index (χ0n) is 62.4. The summed E-state index contributed by atoms with van der Waals surface area (Å²) < 4.78 is 0. The topological polar surface area (TPSA) is 0 Å². The Bertz CT molecular complexity index is 6640. The summed E-state index contributed by atoms with van der Waals surface area (Å²) in [5.74, 6) is 0.286. The maximum atomic E-state index is 2.55. The van der Waals surface area contributed by atoms with E-state index < -0.39 is 16.2 Å². The first-order chi connectivity index (χ1) is 54.2. The van der Waals surface area contributed by atoms with Crippen LogP contribution in [-0.4, -0.2) is 0 Å². The summed E-state index contributed by atoms with van der Waals surface area (Å²) in [6.45, 7) is 9.17. The van der Waals surface area contributed by atoms with Crippen LogP contribution in [0.25, 0.3) is 110 Å². The molecule has 4 aliphatic rings. The predicted octanol–water partition coefficient (Wildman–Crippen LogP) is 27.9. The van der Waals surface area contributed by atoms with Crippen molar-refractivity contribution >= 4 is 32.3 Å². The fourth-order valence-electron chi connectivity index (χ4n) is 20.7. The number of allylic oxidation sites excluding steroid dienone is 4. The Morgan fingerprint density at radius 1 is 0.255 bits per heavy atom. The van der Waals surface area contributed by atoms with Crippen molar-refractivity contribution in [1.29, 1.82) is 0 Å². The predicted molar refractivity (Wildman–Crippen MR) is 461 cm³/mol. The van der Waals surface area contributed by atoms with Crippen LogP contribution in [0.1, 0.15) is 96.8 Å². The van der Waals surface area contributed by atoms with E-state index in [0.29, 0.717) is 0 Å². The molecular weight excluding hydrogens is 1320 g/mol. The smallest absolute Gasteiger partial charge is 0.0627 e. The normalized spacial score (nSPS) is 16.9. The molecule has 4 aliphatic carbocycles. The van der Waals surface area contributed by atoms with Gasteiger partial charge in [-0.3, -0.25) is 0 Å². The van der Waals surface area contributed by atoms with Crippen LogP contribution in [-0.2, 0) is 22.7 Å². The van der Waals surface area contributed by atoms with Gasteiger partial charge in [-0.15, -0.1) is 0 Å². The largest absolute Gasteiger partial charge is 0.0714 e. The molecule has 0 aromatic heterocycles. The van der Waals surface area contributed by atoms with Gasteiger partial charge in [0.1, 0.15) is 0 Å². The minimum atomic E-state index is -0.644. The molecule has 17 aromatic carbocycles. The minimum Gasteiger partial charge on any atom is -0.0627 e. The Morgan fingerprint density at radius 3 is 1.31 bits per heavy atom. The fourth-order valence-corrected chi connectivity index (χ4v) is 20.7. The monoisotopic (exact) mass is 1400 g/mol. The lowest BCUT2D eigenvalue weighted by molar-refractivity contribution is 0.582. The van der Waals surface area contributed by atoms with Gasteiger partial charge in [0.15, 0.2) is 0 Å². The third-order valence-electron chi connectivity index (χ3n) is 25.7. The van der Waals surface area contributed by atoms with Crippen molar-refractivity contribution in [1.82, 2.24) is 0 Å². The van der Waals surface area contributed by atoms with Crippen LogP contribution in [0, 0.1) is 26.7 Å². The molecular formula is C110H80. The highest BCUT2D eigenvalue weighted by atomic mass is 14.5. The Kier molecular flexibility index (Phi) is 15.2. The molecule has 0 fully saturated rings. The maximum absolute atomic E-state index is 2.55. The first-order valence-corrected chi connectivity index (χ1v) is 39.2. The van der Waals surface area contributed by atoms with Gasteiger partial charge in [-0.05, 0) is 252 Å². The van der Waals surface area contributed by atoms with Gasteiger partial charge in [0, 0.05) is 0 Å².